The average molecular weight is 540 g/mol. The lowest BCUT2D eigenvalue weighted by molar-refractivity contribution is 0.0243. The van der Waals surface area contributed by atoms with E-state index >= 15 is 0 Å². The number of halogens is 1. The summed E-state index contributed by atoms with van der Waals surface area (Å²) in [6.07, 6.45) is 2.10. The highest BCUT2D eigenvalue weighted by molar-refractivity contribution is 14.0. The second kappa shape index (κ2) is 12.7. The van der Waals surface area contributed by atoms with Crippen molar-refractivity contribution in [1.82, 2.24) is 15.4 Å². The Morgan fingerprint density at radius 3 is 2.79 bits per heavy atom. The van der Waals surface area contributed by atoms with Gasteiger partial charge in [0.25, 0.3) is 0 Å². The smallest absolute Gasteiger partial charge is 0.240 e. The molecule has 1 heterocycles. The second-order valence-electron chi connectivity index (χ2n) is 6.99. The predicted molar refractivity (Wildman–Crippen MR) is 125 cm³/mol. The fourth-order valence-corrected chi connectivity index (χ4v) is 4.01. The number of nitrogens with zero attached hydrogens (tertiary/aromatic N) is 1. The molecule has 0 spiro atoms. The number of ether oxygens (including phenoxy) is 2. The maximum Gasteiger partial charge on any atom is 0.240 e. The molecule has 0 radical (unpaired) electrons. The monoisotopic (exact) mass is 540 g/mol. The van der Waals surface area contributed by atoms with E-state index in [1.807, 2.05) is 13.0 Å². The Bertz CT molecular complexity index is 752. The van der Waals surface area contributed by atoms with Gasteiger partial charge in [0.15, 0.2) is 5.96 Å². The van der Waals surface area contributed by atoms with Crippen molar-refractivity contribution in [2.45, 2.75) is 43.7 Å². The number of benzene rings is 1. The molecule has 1 aromatic rings. The number of methoxy groups -OCH3 is 1. The van der Waals surface area contributed by atoms with Crippen molar-refractivity contribution < 1.29 is 17.9 Å². The SMILES string of the molecule is CCNC(=NCc1cccc(S(=O)(=O)NCCOC)c1)NCC1(C)CCCO1.I. The molecule has 0 aromatic heterocycles. The molecule has 2 rings (SSSR count). The maximum absolute atomic E-state index is 12.3. The third-order valence-electron chi connectivity index (χ3n) is 4.50. The van der Waals surface area contributed by atoms with Gasteiger partial charge < -0.3 is 20.1 Å². The predicted octanol–water partition coefficient (Wildman–Crippen LogP) is 1.85. The number of hydrogen-bond acceptors (Lipinski definition) is 5. The van der Waals surface area contributed by atoms with Crippen LogP contribution in [0, 0.1) is 0 Å². The first-order valence-electron chi connectivity index (χ1n) is 9.62. The summed E-state index contributed by atoms with van der Waals surface area (Å²) in [4.78, 5) is 4.80. The Labute approximate surface area is 191 Å². The lowest BCUT2D eigenvalue weighted by Gasteiger charge is -2.24. The highest BCUT2D eigenvalue weighted by atomic mass is 127. The van der Waals surface area contributed by atoms with Crippen LogP contribution in [-0.2, 0) is 26.0 Å². The summed E-state index contributed by atoms with van der Waals surface area (Å²) >= 11 is 0. The normalized spacial score (nSPS) is 19.6. The van der Waals surface area contributed by atoms with Crippen molar-refractivity contribution in [3.05, 3.63) is 29.8 Å². The van der Waals surface area contributed by atoms with E-state index in [0.29, 0.717) is 25.7 Å². The molecule has 0 saturated carbocycles. The minimum Gasteiger partial charge on any atom is -0.383 e. The molecule has 1 aromatic carbocycles. The lowest BCUT2D eigenvalue weighted by atomic mass is 10.0. The molecule has 8 nitrogen and oxygen atoms in total. The first-order chi connectivity index (χ1) is 13.4. The molecule has 1 aliphatic rings. The van der Waals surface area contributed by atoms with Gasteiger partial charge >= 0.3 is 0 Å². The Morgan fingerprint density at radius 2 is 2.14 bits per heavy atom. The van der Waals surface area contributed by atoms with Crippen molar-refractivity contribution in [3.8, 4) is 0 Å². The highest BCUT2D eigenvalue weighted by Gasteiger charge is 2.29. The molecule has 1 fully saturated rings. The van der Waals surface area contributed by atoms with Crippen molar-refractivity contribution in [3.63, 3.8) is 0 Å². The van der Waals surface area contributed by atoms with Crippen LogP contribution >= 0.6 is 24.0 Å². The van der Waals surface area contributed by atoms with Crippen LogP contribution in [0.1, 0.15) is 32.3 Å². The Hall–Kier alpha value is -0.950. The van der Waals surface area contributed by atoms with Crippen LogP contribution in [0.3, 0.4) is 0 Å². The Balaban J connectivity index is 0.00000420. The van der Waals surface area contributed by atoms with Gasteiger partial charge in [0, 0.05) is 33.4 Å². The van der Waals surface area contributed by atoms with Crippen LogP contribution in [0.2, 0.25) is 0 Å². The summed E-state index contributed by atoms with van der Waals surface area (Å²) in [5.41, 5.74) is 0.646. The van der Waals surface area contributed by atoms with Crippen molar-refractivity contribution in [1.29, 1.82) is 0 Å². The van der Waals surface area contributed by atoms with Crippen molar-refractivity contribution >= 4 is 40.0 Å². The molecule has 0 amide bonds. The number of rotatable bonds is 10. The average Bonchev–Trinajstić information content (AvgIpc) is 3.11. The molecule has 3 N–H and O–H groups in total. The van der Waals surface area contributed by atoms with Crippen LogP contribution in [0.4, 0.5) is 0 Å². The number of aliphatic imine (C=N–C) groups is 1. The second-order valence-corrected chi connectivity index (χ2v) is 8.76. The molecule has 29 heavy (non-hydrogen) atoms. The van der Waals surface area contributed by atoms with Gasteiger partial charge in [-0.25, -0.2) is 18.1 Å². The van der Waals surface area contributed by atoms with Crippen LogP contribution in [0.15, 0.2) is 34.2 Å². The first-order valence-corrected chi connectivity index (χ1v) is 11.1. The summed E-state index contributed by atoms with van der Waals surface area (Å²) in [6, 6.07) is 6.81. The molecule has 1 unspecified atom stereocenters. The van der Waals surface area contributed by atoms with Crippen LogP contribution < -0.4 is 15.4 Å². The molecule has 1 saturated heterocycles. The molecule has 0 aliphatic carbocycles. The quantitative estimate of drug-likeness (QED) is 0.181. The number of guanidine groups is 1. The molecule has 166 valence electrons. The van der Waals surface area contributed by atoms with Crippen LogP contribution in [0.25, 0.3) is 0 Å². The number of hydrogen-bond donors (Lipinski definition) is 3. The van der Waals surface area contributed by atoms with Crippen LogP contribution in [0.5, 0.6) is 0 Å². The summed E-state index contributed by atoms with van der Waals surface area (Å²) in [7, 11) is -2.03. The van der Waals surface area contributed by atoms with E-state index in [9.17, 15) is 8.42 Å². The number of sulfonamides is 1. The van der Waals surface area contributed by atoms with Crippen molar-refractivity contribution in [2.75, 3.05) is 40.0 Å². The van der Waals surface area contributed by atoms with Gasteiger partial charge in [-0.2, -0.15) is 0 Å². The Kier molecular flexibility index (Phi) is 11.4. The molecule has 1 aliphatic heterocycles. The third kappa shape index (κ3) is 8.75. The van der Waals surface area contributed by atoms with E-state index in [1.54, 1.807) is 18.2 Å². The van der Waals surface area contributed by atoms with E-state index in [2.05, 4.69) is 27.3 Å². The molecule has 10 heteroatoms. The minimum absolute atomic E-state index is 0. The van der Waals surface area contributed by atoms with E-state index in [4.69, 9.17) is 9.47 Å². The summed E-state index contributed by atoms with van der Waals surface area (Å²) in [6.45, 7) is 7.24. The molecular formula is C19H33IN4O4S. The number of nitrogens with one attached hydrogen (secondary N) is 3. The van der Waals surface area contributed by atoms with Gasteiger partial charge in [0.05, 0.1) is 23.6 Å². The zero-order valence-corrected chi connectivity index (χ0v) is 20.5. The third-order valence-corrected chi connectivity index (χ3v) is 5.96. The summed E-state index contributed by atoms with van der Waals surface area (Å²) in [5, 5.41) is 6.53. The minimum atomic E-state index is -3.56. The summed E-state index contributed by atoms with van der Waals surface area (Å²) < 4.78 is 37.9. The van der Waals surface area contributed by atoms with Crippen LogP contribution in [-0.4, -0.2) is 59.9 Å². The highest BCUT2D eigenvalue weighted by Crippen LogP contribution is 2.23. The van der Waals surface area contributed by atoms with Gasteiger partial charge in [-0.15, -0.1) is 24.0 Å². The summed E-state index contributed by atoms with van der Waals surface area (Å²) in [5.74, 6) is 0.686. The van der Waals surface area contributed by atoms with Gasteiger partial charge in [-0.05, 0) is 44.4 Å². The molecular weight excluding hydrogens is 507 g/mol. The zero-order valence-electron chi connectivity index (χ0n) is 17.4. The topological polar surface area (TPSA) is 101 Å². The van der Waals surface area contributed by atoms with Gasteiger partial charge in [-0.1, -0.05) is 12.1 Å². The van der Waals surface area contributed by atoms with Gasteiger partial charge in [0.2, 0.25) is 10.0 Å². The van der Waals surface area contributed by atoms with Crippen molar-refractivity contribution in [2.24, 2.45) is 4.99 Å². The van der Waals surface area contributed by atoms with E-state index < -0.39 is 10.0 Å². The lowest BCUT2D eigenvalue weighted by Crippen LogP contribution is -2.45. The Morgan fingerprint density at radius 1 is 1.34 bits per heavy atom. The van der Waals surface area contributed by atoms with Gasteiger partial charge in [0.1, 0.15) is 0 Å². The standard InChI is InChI=1S/C19H32N4O4S.HI/c1-4-20-18(22-15-19(2)9-6-11-27-19)21-14-16-7-5-8-17(13-16)28(24,25)23-10-12-26-3;/h5,7-8,13,23H,4,6,9-12,14-15H2,1-3H3,(H2,20,21,22);1H. The van der Waals surface area contributed by atoms with E-state index in [0.717, 1.165) is 31.6 Å². The van der Waals surface area contributed by atoms with E-state index in [1.165, 1.54) is 7.11 Å². The van der Waals surface area contributed by atoms with E-state index in [-0.39, 0.29) is 41.0 Å². The maximum atomic E-state index is 12.3. The molecule has 1 atom stereocenters. The molecule has 0 bridgehead atoms. The fraction of sp³-hybridized carbons (Fsp3) is 0.632. The largest absolute Gasteiger partial charge is 0.383 e. The fourth-order valence-electron chi connectivity index (χ4n) is 2.93. The zero-order chi connectivity index (χ0) is 20.5. The first kappa shape index (κ1) is 26.1. The van der Waals surface area contributed by atoms with Gasteiger partial charge in [-0.3, -0.25) is 0 Å².